The van der Waals surface area contributed by atoms with Crippen molar-refractivity contribution >= 4 is 5.91 Å². The van der Waals surface area contributed by atoms with Crippen LogP contribution in [-0.2, 0) is 6.54 Å². The number of aromatic nitrogens is 2. The van der Waals surface area contributed by atoms with E-state index in [2.05, 4.69) is 27.0 Å². The molecule has 5 heterocycles. The third-order valence-corrected chi connectivity index (χ3v) is 5.33. The number of nitrogens with zero attached hydrogens (tertiary/aromatic N) is 4. The topological polar surface area (TPSA) is 49.3 Å². The molecule has 0 unspecified atom stereocenters. The van der Waals surface area contributed by atoms with Crippen LogP contribution in [0.5, 0.6) is 0 Å². The lowest BCUT2D eigenvalue weighted by Gasteiger charge is -2.35. The van der Waals surface area contributed by atoms with Gasteiger partial charge < -0.3 is 4.90 Å². The Morgan fingerprint density at radius 3 is 2.88 bits per heavy atom. The smallest absolute Gasteiger partial charge is 0.255 e. The van der Waals surface area contributed by atoms with Crippen molar-refractivity contribution in [3.05, 3.63) is 59.7 Å². The minimum atomic E-state index is 0.112. The SMILES string of the molecule is Cc1cccc(CN2C[C@H]3CC[C@@H]2CN(C(=O)c2cccnc2)C3)n1. The van der Waals surface area contributed by atoms with E-state index >= 15 is 0 Å². The maximum Gasteiger partial charge on any atom is 0.255 e. The van der Waals surface area contributed by atoms with E-state index in [-0.39, 0.29) is 5.91 Å². The van der Waals surface area contributed by atoms with Crippen LogP contribution >= 0.6 is 0 Å². The molecule has 5 rings (SSSR count). The van der Waals surface area contributed by atoms with Crippen molar-refractivity contribution in [1.29, 1.82) is 0 Å². The Balaban J connectivity index is 1.49. The summed E-state index contributed by atoms with van der Waals surface area (Å²) >= 11 is 0. The lowest BCUT2D eigenvalue weighted by molar-refractivity contribution is 0.0735. The van der Waals surface area contributed by atoms with Gasteiger partial charge in [0.2, 0.25) is 0 Å². The standard InChI is InChI=1S/C20H24N4O/c1-15-4-2-6-18(22-15)13-23-11-16-7-8-19(23)14-24(12-16)20(25)17-5-3-9-21-10-17/h2-6,9-10,16,19H,7-8,11-14H2,1H3/t16-,19-/m1/s1. The summed E-state index contributed by atoms with van der Waals surface area (Å²) in [6, 6.07) is 10.3. The van der Waals surface area contributed by atoms with E-state index in [4.69, 9.17) is 0 Å². The highest BCUT2D eigenvalue weighted by Crippen LogP contribution is 2.29. The number of carbonyl (C=O) groups is 1. The van der Waals surface area contributed by atoms with Crippen LogP contribution in [0.4, 0.5) is 0 Å². The van der Waals surface area contributed by atoms with Crippen molar-refractivity contribution in [2.45, 2.75) is 32.4 Å². The summed E-state index contributed by atoms with van der Waals surface area (Å²) < 4.78 is 0. The number of amides is 1. The zero-order valence-electron chi connectivity index (χ0n) is 14.6. The number of aryl methyl sites for hydroxylation is 1. The van der Waals surface area contributed by atoms with Crippen LogP contribution < -0.4 is 0 Å². The van der Waals surface area contributed by atoms with Crippen molar-refractivity contribution < 1.29 is 4.79 Å². The third-order valence-electron chi connectivity index (χ3n) is 5.33. The van der Waals surface area contributed by atoms with E-state index in [1.54, 1.807) is 12.4 Å². The molecule has 0 spiro atoms. The van der Waals surface area contributed by atoms with E-state index in [0.717, 1.165) is 44.0 Å². The van der Waals surface area contributed by atoms with Crippen LogP contribution in [-0.4, -0.2) is 51.4 Å². The highest BCUT2D eigenvalue weighted by Gasteiger charge is 2.36. The molecule has 2 aromatic heterocycles. The quantitative estimate of drug-likeness (QED) is 0.864. The second-order valence-electron chi connectivity index (χ2n) is 7.25. The molecule has 5 nitrogen and oxygen atoms in total. The highest BCUT2D eigenvalue weighted by molar-refractivity contribution is 5.93. The maximum absolute atomic E-state index is 12.8. The van der Waals surface area contributed by atoms with Gasteiger partial charge in [0.25, 0.3) is 5.91 Å². The zero-order chi connectivity index (χ0) is 17.2. The molecule has 0 aromatic carbocycles. The first-order valence-electron chi connectivity index (χ1n) is 9.05. The molecule has 0 saturated carbocycles. The predicted octanol–water partition coefficient (Wildman–Crippen LogP) is 2.52. The summed E-state index contributed by atoms with van der Waals surface area (Å²) in [5.41, 5.74) is 2.87. The molecule has 0 aliphatic carbocycles. The Hall–Kier alpha value is -2.27. The Bertz CT molecular complexity index is 748. The van der Waals surface area contributed by atoms with Crippen LogP contribution in [0.1, 0.15) is 34.6 Å². The lowest BCUT2D eigenvalue weighted by atomic mass is 9.95. The van der Waals surface area contributed by atoms with Gasteiger partial charge in [0, 0.05) is 50.3 Å². The molecule has 3 fully saturated rings. The molecule has 2 bridgehead atoms. The van der Waals surface area contributed by atoms with E-state index in [9.17, 15) is 4.79 Å². The molecule has 130 valence electrons. The van der Waals surface area contributed by atoms with Gasteiger partial charge in [0.15, 0.2) is 0 Å². The molecule has 2 aromatic rings. The molecule has 25 heavy (non-hydrogen) atoms. The van der Waals surface area contributed by atoms with Crippen molar-refractivity contribution in [3.8, 4) is 0 Å². The fraction of sp³-hybridized carbons (Fsp3) is 0.450. The summed E-state index contributed by atoms with van der Waals surface area (Å²) in [4.78, 5) is 26.1. The molecular formula is C20H24N4O. The van der Waals surface area contributed by atoms with Gasteiger partial charge in [-0.05, 0) is 49.9 Å². The van der Waals surface area contributed by atoms with Gasteiger partial charge in [-0.3, -0.25) is 19.7 Å². The number of piperidine rings is 1. The molecule has 0 N–H and O–H groups in total. The largest absolute Gasteiger partial charge is 0.337 e. The van der Waals surface area contributed by atoms with E-state index in [1.807, 2.05) is 30.0 Å². The average Bonchev–Trinajstić information content (AvgIpc) is 2.94. The number of carbonyl (C=O) groups excluding carboxylic acids is 1. The summed E-state index contributed by atoms with van der Waals surface area (Å²) in [6.45, 7) is 5.61. The summed E-state index contributed by atoms with van der Waals surface area (Å²) in [5.74, 6) is 0.657. The maximum atomic E-state index is 12.8. The zero-order valence-corrected chi connectivity index (χ0v) is 14.6. The predicted molar refractivity (Wildman–Crippen MR) is 96.0 cm³/mol. The molecule has 2 atom stereocenters. The van der Waals surface area contributed by atoms with E-state index in [1.165, 1.54) is 6.42 Å². The first kappa shape index (κ1) is 16.2. The van der Waals surface area contributed by atoms with Crippen molar-refractivity contribution in [2.75, 3.05) is 19.6 Å². The number of fused-ring (bicyclic) bond motifs is 4. The second kappa shape index (κ2) is 6.92. The van der Waals surface area contributed by atoms with Crippen molar-refractivity contribution in [2.24, 2.45) is 5.92 Å². The van der Waals surface area contributed by atoms with E-state index in [0.29, 0.717) is 17.5 Å². The van der Waals surface area contributed by atoms with Crippen molar-refractivity contribution in [1.82, 2.24) is 19.8 Å². The monoisotopic (exact) mass is 336 g/mol. The number of hydrogen-bond acceptors (Lipinski definition) is 4. The van der Waals surface area contributed by atoms with Gasteiger partial charge in [-0.1, -0.05) is 6.07 Å². The van der Waals surface area contributed by atoms with E-state index < -0.39 is 0 Å². The number of pyridine rings is 2. The summed E-state index contributed by atoms with van der Waals surface area (Å²) in [7, 11) is 0. The van der Waals surface area contributed by atoms with Gasteiger partial charge in [0.05, 0.1) is 11.3 Å². The second-order valence-corrected chi connectivity index (χ2v) is 7.25. The first-order chi connectivity index (χ1) is 12.2. The molecule has 3 aliphatic rings. The van der Waals surface area contributed by atoms with Crippen molar-refractivity contribution in [3.63, 3.8) is 0 Å². The number of hydrogen-bond donors (Lipinski definition) is 0. The molecule has 0 radical (unpaired) electrons. The van der Waals surface area contributed by atoms with Crippen LogP contribution in [0.2, 0.25) is 0 Å². The van der Waals surface area contributed by atoms with Gasteiger partial charge in [-0.15, -0.1) is 0 Å². The minimum absolute atomic E-state index is 0.112. The van der Waals surface area contributed by atoms with Crippen LogP contribution in [0.25, 0.3) is 0 Å². The first-order valence-corrected chi connectivity index (χ1v) is 9.05. The average molecular weight is 336 g/mol. The van der Waals surface area contributed by atoms with Gasteiger partial charge >= 0.3 is 0 Å². The Morgan fingerprint density at radius 2 is 2.08 bits per heavy atom. The lowest BCUT2D eigenvalue weighted by Crippen LogP contribution is -2.44. The fourth-order valence-electron chi connectivity index (χ4n) is 4.11. The Morgan fingerprint density at radius 1 is 1.16 bits per heavy atom. The Labute approximate surface area is 148 Å². The highest BCUT2D eigenvalue weighted by atomic mass is 16.2. The minimum Gasteiger partial charge on any atom is -0.337 e. The van der Waals surface area contributed by atoms with Gasteiger partial charge in [0.1, 0.15) is 0 Å². The molecule has 3 saturated heterocycles. The van der Waals surface area contributed by atoms with Crippen LogP contribution in [0, 0.1) is 12.8 Å². The molecule has 5 heteroatoms. The van der Waals surface area contributed by atoms with Crippen LogP contribution in [0.3, 0.4) is 0 Å². The molecular weight excluding hydrogens is 312 g/mol. The summed E-state index contributed by atoms with van der Waals surface area (Å²) in [6.07, 6.45) is 5.75. The third kappa shape index (κ3) is 3.56. The molecule has 1 amide bonds. The normalized spacial score (nSPS) is 23.5. The molecule has 3 aliphatic heterocycles. The summed E-state index contributed by atoms with van der Waals surface area (Å²) in [5, 5.41) is 0. The van der Waals surface area contributed by atoms with Crippen LogP contribution in [0.15, 0.2) is 42.7 Å². The van der Waals surface area contributed by atoms with Gasteiger partial charge in [-0.25, -0.2) is 0 Å². The van der Waals surface area contributed by atoms with Gasteiger partial charge in [-0.2, -0.15) is 0 Å². The Kier molecular flexibility index (Phi) is 4.49. The number of rotatable bonds is 3. The fourth-order valence-corrected chi connectivity index (χ4v) is 4.11.